The Hall–Kier alpha value is -2.71. The fraction of sp³-hybridized carbons (Fsp3) is 0.517. The molecule has 0 amide bonds. The SMILES string of the molecule is C[C@H]1OC(=O)[C@@H]2C[C@@H]3CC4(CCC3C(/C=C/c3ccc(-c5cccc(C(F)(F)F)c5)cn3)[C@H]12)OCCO4. The van der Waals surface area contributed by atoms with Gasteiger partial charge in [0, 0.05) is 30.5 Å². The lowest BCUT2D eigenvalue weighted by atomic mass is 9.56. The maximum absolute atomic E-state index is 13.1. The molecule has 1 aromatic heterocycles. The largest absolute Gasteiger partial charge is 0.462 e. The van der Waals surface area contributed by atoms with E-state index in [4.69, 9.17) is 14.2 Å². The molecule has 0 radical (unpaired) electrons. The molecule has 1 spiro atoms. The number of rotatable bonds is 3. The zero-order valence-electron chi connectivity index (χ0n) is 20.6. The Balaban J connectivity index is 1.24. The van der Waals surface area contributed by atoms with Crippen molar-refractivity contribution in [2.45, 2.75) is 50.7 Å². The number of benzene rings is 1. The summed E-state index contributed by atoms with van der Waals surface area (Å²) in [5.41, 5.74) is 1.14. The van der Waals surface area contributed by atoms with Crippen LogP contribution in [0.5, 0.6) is 0 Å². The van der Waals surface area contributed by atoms with Crippen LogP contribution < -0.4 is 0 Å². The maximum atomic E-state index is 13.1. The fourth-order valence-electron chi connectivity index (χ4n) is 7.11. The number of fused-ring (bicyclic) bond motifs is 2. The van der Waals surface area contributed by atoms with Gasteiger partial charge in [-0.1, -0.05) is 24.3 Å². The van der Waals surface area contributed by atoms with Crippen LogP contribution in [0, 0.1) is 29.6 Å². The van der Waals surface area contributed by atoms with Gasteiger partial charge < -0.3 is 14.2 Å². The number of allylic oxidation sites excluding steroid dienone is 1. The second-order valence-electron chi connectivity index (χ2n) is 10.8. The number of hydrogen-bond donors (Lipinski definition) is 0. The van der Waals surface area contributed by atoms with Crippen molar-refractivity contribution in [2.24, 2.45) is 29.6 Å². The topological polar surface area (TPSA) is 57.7 Å². The number of carbonyl (C=O) groups is 1. The van der Waals surface area contributed by atoms with Crippen LogP contribution in [-0.4, -0.2) is 36.1 Å². The fourth-order valence-corrected chi connectivity index (χ4v) is 7.11. The molecule has 2 aliphatic heterocycles. The van der Waals surface area contributed by atoms with Crippen molar-refractivity contribution in [3.05, 3.63) is 59.9 Å². The van der Waals surface area contributed by atoms with Gasteiger partial charge in [-0.2, -0.15) is 13.2 Å². The van der Waals surface area contributed by atoms with Crippen molar-refractivity contribution in [3.63, 3.8) is 0 Å². The predicted octanol–water partition coefficient (Wildman–Crippen LogP) is 6.14. The van der Waals surface area contributed by atoms with Crippen LogP contribution in [0.4, 0.5) is 13.2 Å². The molecule has 196 valence electrons. The second-order valence-corrected chi connectivity index (χ2v) is 10.8. The summed E-state index contributed by atoms with van der Waals surface area (Å²) in [5.74, 6) is 0.262. The molecule has 2 unspecified atom stereocenters. The molecule has 6 rings (SSSR count). The van der Waals surface area contributed by atoms with E-state index in [9.17, 15) is 18.0 Å². The van der Waals surface area contributed by atoms with Gasteiger partial charge in [-0.25, -0.2) is 0 Å². The number of halogens is 3. The quantitative estimate of drug-likeness (QED) is 0.462. The molecular weight excluding hydrogens is 483 g/mol. The van der Waals surface area contributed by atoms with Crippen LogP contribution in [-0.2, 0) is 25.2 Å². The van der Waals surface area contributed by atoms with Crippen molar-refractivity contribution in [2.75, 3.05) is 13.2 Å². The van der Waals surface area contributed by atoms with Gasteiger partial charge in [0.1, 0.15) is 6.10 Å². The first-order valence-corrected chi connectivity index (χ1v) is 13.0. The monoisotopic (exact) mass is 513 g/mol. The first-order chi connectivity index (χ1) is 17.7. The van der Waals surface area contributed by atoms with Gasteiger partial charge in [-0.15, -0.1) is 0 Å². The third kappa shape index (κ3) is 4.59. The minimum atomic E-state index is -4.39. The molecule has 3 heterocycles. The average Bonchev–Trinajstić information content (AvgIpc) is 3.45. The minimum absolute atomic E-state index is 0.106. The third-order valence-corrected chi connectivity index (χ3v) is 8.76. The van der Waals surface area contributed by atoms with Gasteiger partial charge in [0.2, 0.25) is 0 Å². The lowest BCUT2D eigenvalue weighted by Gasteiger charge is -2.49. The number of aromatic nitrogens is 1. The van der Waals surface area contributed by atoms with Gasteiger partial charge in [-0.05, 0) is 67.4 Å². The Morgan fingerprint density at radius 2 is 1.92 bits per heavy atom. The van der Waals surface area contributed by atoms with Crippen molar-refractivity contribution >= 4 is 12.0 Å². The molecular formula is C29H30F3NO4. The van der Waals surface area contributed by atoms with Crippen molar-refractivity contribution in [1.82, 2.24) is 4.98 Å². The lowest BCUT2D eigenvalue weighted by Crippen LogP contribution is -2.49. The first-order valence-electron chi connectivity index (χ1n) is 13.0. The Bertz CT molecular complexity index is 1190. The number of alkyl halides is 3. The number of cyclic esters (lactones) is 1. The summed E-state index contributed by atoms with van der Waals surface area (Å²) in [5, 5.41) is 0. The van der Waals surface area contributed by atoms with Crippen LogP contribution in [0.25, 0.3) is 17.2 Å². The number of pyridine rings is 1. The van der Waals surface area contributed by atoms with E-state index in [-0.39, 0.29) is 29.8 Å². The first kappa shape index (κ1) is 24.6. The Morgan fingerprint density at radius 3 is 2.65 bits per heavy atom. The van der Waals surface area contributed by atoms with E-state index in [0.29, 0.717) is 36.2 Å². The summed E-state index contributed by atoms with van der Waals surface area (Å²) in [7, 11) is 0. The summed E-state index contributed by atoms with van der Waals surface area (Å²) in [4.78, 5) is 17.2. The van der Waals surface area contributed by atoms with Gasteiger partial charge in [0.05, 0.1) is 30.4 Å². The van der Waals surface area contributed by atoms with Crippen molar-refractivity contribution in [1.29, 1.82) is 0 Å². The number of nitrogens with zero attached hydrogens (tertiary/aromatic N) is 1. The van der Waals surface area contributed by atoms with Crippen molar-refractivity contribution < 1.29 is 32.2 Å². The van der Waals surface area contributed by atoms with E-state index < -0.39 is 17.5 Å². The average molecular weight is 514 g/mol. The van der Waals surface area contributed by atoms with Crippen LogP contribution in [0.15, 0.2) is 48.7 Å². The minimum Gasteiger partial charge on any atom is -0.462 e. The summed E-state index contributed by atoms with van der Waals surface area (Å²) in [6.07, 6.45) is 4.65. The Labute approximate surface area is 214 Å². The molecule has 37 heavy (non-hydrogen) atoms. The highest BCUT2D eigenvalue weighted by atomic mass is 19.4. The summed E-state index contributed by atoms with van der Waals surface area (Å²) < 4.78 is 57.0. The molecule has 4 aliphatic rings. The lowest BCUT2D eigenvalue weighted by molar-refractivity contribution is -0.204. The summed E-state index contributed by atoms with van der Waals surface area (Å²) >= 11 is 0. The van der Waals surface area contributed by atoms with Crippen LogP contribution in [0.3, 0.4) is 0 Å². The molecule has 5 nitrogen and oxygen atoms in total. The van der Waals surface area contributed by atoms with Crippen LogP contribution >= 0.6 is 0 Å². The third-order valence-electron chi connectivity index (χ3n) is 8.76. The van der Waals surface area contributed by atoms with Crippen molar-refractivity contribution in [3.8, 4) is 11.1 Å². The van der Waals surface area contributed by atoms with E-state index in [1.165, 1.54) is 6.07 Å². The highest BCUT2D eigenvalue weighted by molar-refractivity contribution is 5.75. The van der Waals surface area contributed by atoms with E-state index in [0.717, 1.165) is 43.5 Å². The number of ether oxygens (including phenoxy) is 3. The highest BCUT2D eigenvalue weighted by Gasteiger charge is 2.57. The van der Waals surface area contributed by atoms with Crippen LogP contribution in [0.2, 0.25) is 0 Å². The van der Waals surface area contributed by atoms with E-state index in [1.807, 2.05) is 19.1 Å². The smallest absolute Gasteiger partial charge is 0.416 e. The molecule has 2 saturated carbocycles. The zero-order chi connectivity index (χ0) is 25.8. The molecule has 8 heteroatoms. The standard InChI is InChI=1S/C29H30F3NO4/c1-17-26-24(23-9-10-28(35-11-12-36-28)15-20(23)14-25(26)27(34)37-17)8-7-22-6-5-19(16-33-22)18-3-2-4-21(13-18)29(30,31)32/h2-8,13,16-17,20,23-26H,9-12,14-15H2,1H3/b8-7+/t17-,20-,23?,24?,25-,26+/m1/s1. The van der Waals surface area contributed by atoms with E-state index in [1.54, 1.807) is 18.3 Å². The summed E-state index contributed by atoms with van der Waals surface area (Å²) in [6, 6.07) is 8.87. The number of carbonyl (C=O) groups excluding carboxylic acids is 1. The maximum Gasteiger partial charge on any atom is 0.416 e. The van der Waals surface area contributed by atoms with Gasteiger partial charge >= 0.3 is 12.1 Å². The van der Waals surface area contributed by atoms with Gasteiger partial charge in [0.25, 0.3) is 0 Å². The molecule has 1 aromatic carbocycles. The Morgan fingerprint density at radius 1 is 1.11 bits per heavy atom. The normalized spacial score (nSPS) is 32.9. The number of esters is 1. The molecule has 0 N–H and O–H groups in total. The van der Waals surface area contributed by atoms with Crippen LogP contribution in [0.1, 0.15) is 43.9 Å². The number of hydrogen-bond acceptors (Lipinski definition) is 5. The molecule has 0 bridgehead atoms. The van der Waals surface area contributed by atoms with Gasteiger partial charge in [-0.3, -0.25) is 9.78 Å². The molecule has 6 atom stereocenters. The van der Waals surface area contributed by atoms with E-state index in [2.05, 4.69) is 11.1 Å². The molecule has 4 fully saturated rings. The second kappa shape index (κ2) is 9.24. The summed E-state index contributed by atoms with van der Waals surface area (Å²) in [6.45, 7) is 3.22. The van der Waals surface area contributed by atoms with E-state index >= 15 is 0 Å². The molecule has 2 saturated heterocycles. The Kier molecular flexibility index (Phi) is 6.15. The molecule has 2 aromatic rings. The van der Waals surface area contributed by atoms with Gasteiger partial charge in [0.15, 0.2) is 5.79 Å². The zero-order valence-corrected chi connectivity index (χ0v) is 20.6. The molecule has 2 aliphatic carbocycles. The predicted molar refractivity (Wildman–Crippen MR) is 130 cm³/mol. The highest BCUT2D eigenvalue weighted by Crippen LogP contribution is 2.56.